The van der Waals surface area contributed by atoms with Gasteiger partial charge in [-0.1, -0.05) is 30.5 Å². The number of amides is 5. The van der Waals surface area contributed by atoms with Crippen molar-refractivity contribution in [3.05, 3.63) is 81.6 Å². The highest BCUT2D eigenvalue weighted by Gasteiger charge is 2.44. The molecule has 59 heavy (non-hydrogen) atoms. The van der Waals surface area contributed by atoms with E-state index in [2.05, 4.69) is 36.5 Å². The van der Waals surface area contributed by atoms with E-state index in [1.807, 2.05) is 12.1 Å². The van der Waals surface area contributed by atoms with Gasteiger partial charge in [0.05, 0.1) is 33.4 Å². The number of nitrogens with one attached hydrogen (secondary N) is 2. The van der Waals surface area contributed by atoms with Gasteiger partial charge < -0.3 is 15.0 Å². The van der Waals surface area contributed by atoms with Gasteiger partial charge in [-0.2, -0.15) is 5.26 Å². The van der Waals surface area contributed by atoms with Crippen LogP contribution in [0, 0.1) is 17.2 Å². The van der Waals surface area contributed by atoms with E-state index >= 15 is 0 Å². The Balaban J connectivity index is 0.751. The van der Waals surface area contributed by atoms with Crippen molar-refractivity contribution in [2.45, 2.75) is 108 Å². The molecule has 5 aliphatic rings. The molecule has 14 nitrogen and oxygen atoms in total. The van der Waals surface area contributed by atoms with Crippen molar-refractivity contribution in [2.24, 2.45) is 5.92 Å². The number of piperazine rings is 1. The lowest BCUT2D eigenvalue weighted by Gasteiger charge is -2.39. The van der Waals surface area contributed by atoms with E-state index in [-0.39, 0.29) is 36.8 Å². The molecule has 8 rings (SSSR count). The first-order chi connectivity index (χ1) is 28.6. The van der Waals surface area contributed by atoms with E-state index in [1.165, 1.54) is 19.3 Å². The van der Waals surface area contributed by atoms with Crippen LogP contribution in [-0.2, 0) is 16.0 Å². The Labute approximate surface area is 348 Å². The van der Waals surface area contributed by atoms with Crippen LogP contribution in [0.3, 0.4) is 0 Å². The monoisotopic (exact) mass is 820 g/mol. The van der Waals surface area contributed by atoms with E-state index in [0.29, 0.717) is 50.9 Å². The van der Waals surface area contributed by atoms with Gasteiger partial charge in [0.25, 0.3) is 17.7 Å². The number of piperidine rings is 1. The summed E-state index contributed by atoms with van der Waals surface area (Å²) in [5.41, 5.74) is 2.54. The van der Waals surface area contributed by atoms with Crippen LogP contribution in [0.4, 0.5) is 5.95 Å². The third-order valence-electron chi connectivity index (χ3n) is 12.8. The lowest BCUT2D eigenvalue weighted by Crippen LogP contribution is -2.54. The number of carbonyl (C=O) groups is 5. The number of halogens is 1. The number of ether oxygens (including phenoxy) is 1. The van der Waals surface area contributed by atoms with E-state index in [9.17, 15) is 24.0 Å². The van der Waals surface area contributed by atoms with Crippen LogP contribution >= 0.6 is 11.6 Å². The highest BCUT2D eigenvalue weighted by atomic mass is 35.5. The molecule has 4 heterocycles. The van der Waals surface area contributed by atoms with Crippen LogP contribution in [-0.4, -0.2) is 99.7 Å². The number of aromatic nitrogens is 2. The summed E-state index contributed by atoms with van der Waals surface area (Å²) >= 11 is 6.15. The molecule has 5 amide bonds. The summed E-state index contributed by atoms with van der Waals surface area (Å²) in [7, 11) is 0. The summed E-state index contributed by atoms with van der Waals surface area (Å²) in [6.07, 6.45) is 14.3. The van der Waals surface area contributed by atoms with Gasteiger partial charge >= 0.3 is 0 Å². The zero-order valence-electron chi connectivity index (χ0n) is 33.0. The zero-order valence-corrected chi connectivity index (χ0v) is 33.8. The normalized spacial score (nSPS) is 25.2. The topological polar surface area (TPSA) is 178 Å². The Morgan fingerprint density at radius 1 is 0.881 bits per heavy atom. The lowest BCUT2D eigenvalue weighted by molar-refractivity contribution is -0.136. The maximum absolute atomic E-state index is 13.3. The molecule has 3 atom stereocenters. The SMILES string of the molecule is N#Cc1ccc(OC2CCC(NC(=O)c3cnc(N4CCN(C5CCCC(CCc6ccc7c(c6)C(=O)N(C6CCC(=O)NC6=O)C7=O)CC5)CC4)nc3)CC2)cc1Cl. The van der Waals surface area contributed by atoms with Gasteiger partial charge in [0.15, 0.2) is 0 Å². The minimum atomic E-state index is -0.958. The summed E-state index contributed by atoms with van der Waals surface area (Å²) in [4.78, 5) is 78.5. The molecule has 0 radical (unpaired) electrons. The minimum Gasteiger partial charge on any atom is -0.490 e. The van der Waals surface area contributed by atoms with Crippen LogP contribution in [0.25, 0.3) is 0 Å². The van der Waals surface area contributed by atoms with Gasteiger partial charge in [-0.05, 0) is 100.0 Å². The van der Waals surface area contributed by atoms with E-state index in [4.69, 9.17) is 21.6 Å². The molecule has 0 spiro atoms. The van der Waals surface area contributed by atoms with Crippen LogP contribution < -0.4 is 20.3 Å². The maximum Gasteiger partial charge on any atom is 0.262 e. The molecule has 0 bridgehead atoms. The number of carbonyl (C=O) groups excluding carboxylic acids is 5. The molecule has 3 unspecified atom stereocenters. The Morgan fingerprint density at radius 3 is 2.37 bits per heavy atom. The molecule has 2 saturated heterocycles. The van der Waals surface area contributed by atoms with Gasteiger partial charge in [-0.15, -0.1) is 0 Å². The Kier molecular flexibility index (Phi) is 12.2. The molecule has 3 aromatic rings. The van der Waals surface area contributed by atoms with E-state index < -0.39 is 23.8 Å². The summed E-state index contributed by atoms with van der Waals surface area (Å²) in [5.74, 6) is -0.222. The first kappa shape index (κ1) is 40.4. The smallest absolute Gasteiger partial charge is 0.262 e. The molecular weight excluding hydrogens is 772 g/mol. The van der Waals surface area contributed by atoms with Crippen molar-refractivity contribution in [3.63, 3.8) is 0 Å². The van der Waals surface area contributed by atoms with Gasteiger partial charge in [0.1, 0.15) is 17.9 Å². The minimum absolute atomic E-state index is 0.0251. The van der Waals surface area contributed by atoms with E-state index in [1.54, 1.807) is 36.7 Å². The number of anilines is 1. The number of nitrogens with zero attached hydrogens (tertiary/aromatic N) is 6. The molecule has 3 aliphatic heterocycles. The number of nitriles is 1. The third-order valence-corrected chi connectivity index (χ3v) is 13.1. The van der Waals surface area contributed by atoms with E-state index in [0.717, 1.165) is 88.0 Å². The molecule has 2 N–H and O–H groups in total. The van der Waals surface area contributed by atoms with Gasteiger partial charge in [-0.25, -0.2) is 9.97 Å². The molecular formula is C44H49ClN8O6. The van der Waals surface area contributed by atoms with Crippen LogP contribution in [0.15, 0.2) is 48.8 Å². The number of aryl methyl sites for hydroxylation is 1. The second-order valence-corrected chi connectivity index (χ2v) is 16.9. The van der Waals surface area contributed by atoms with Crippen LogP contribution in [0.1, 0.15) is 119 Å². The van der Waals surface area contributed by atoms with Crippen molar-refractivity contribution >= 4 is 47.1 Å². The quantitative estimate of drug-likeness (QED) is 0.202. The van der Waals surface area contributed by atoms with Crippen molar-refractivity contribution in [1.29, 1.82) is 5.26 Å². The molecule has 15 heteroatoms. The summed E-state index contributed by atoms with van der Waals surface area (Å²) in [6, 6.07) is 12.2. The summed E-state index contributed by atoms with van der Waals surface area (Å²) in [6.45, 7) is 3.52. The number of hydrogen-bond donors (Lipinski definition) is 2. The summed E-state index contributed by atoms with van der Waals surface area (Å²) < 4.78 is 6.09. The first-order valence-electron chi connectivity index (χ1n) is 21.0. The number of benzene rings is 2. The second-order valence-electron chi connectivity index (χ2n) is 16.5. The fraction of sp³-hybridized carbons (Fsp3) is 0.500. The van der Waals surface area contributed by atoms with Crippen molar-refractivity contribution < 1.29 is 28.7 Å². The van der Waals surface area contributed by atoms with Crippen LogP contribution in [0.2, 0.25) is 5.02 Å². The maximum atomic E-state index is 13.3. The van der Waals surface area contributed by atoms with Crippen molar-refractivity contribution in [1.82, 2.24) is 30.4 Å². The average molecular weight is 821 g/mol. The van der Waals surface area contributed by atoms with Gasteiger partial charge in [0, 0.05) is 63.1 Å². The predicted octanol–water partition coefficient (Wildman–Crippen LogP) is 5.23. The first-order valence-corrected chi connectivity index (χ1v) is 21.3. The Morgan fingerprint density at radius 2 is 1.64 bits per heavy atom. The van der Waals surface area contributed by atoms with Gasteiger partial charge in [0.2, 0.25) is 17.8 Å². The highest BCUT2D eigenvalue weighted by molar-refractivity contribution is 6.31. The number of rotatable bonds is 10. The molecule has 1 aromatic heterocycles. The number of fused-ring (bicyclic) bond motifs is 1. The van der Waals surface area contributed by atoms with Gasteiger partial charge in [-0.3, -0.25) is 39.1 Å². The molecule has 308 valence electrons. The number of imide groups is 2. The number of hydrogen-bond acceptors (Lipinski definition) is 11. The average Bonchev–Trinajstić information content (AvgIpc) is 3.36. The van der Waals surface area contributed by atoms with Crippen molar-refractivity contribution in [3.8, 4) is 11.8 Å². The second kappa shape index (κ2) is 17.8. The highest BCUT2D eigenvalue weighted by Crippen LogP contribution is 2.33. The third kappa shape index (κ3) is 9.11. The van der Waals surface area contributed by atoms with Crippen LogP contribution in [0.5, 0.6) is 5.75 Å². The fourth-order valence-electron chi connectivity index (χ4n) is 9.39. The predicted molar refractivity (Wildman–Crippen MR) is 218 cm³/mol. The molecule has 4 fully saturated rings. The summed E-state index contributed by atoms with van der Waals surface area (Å²) in [5, 5.41) is 14.9. The standard InChI is InChI=1S/C44H49ClN8O6/c45-37-23-34(12-8-29(37)24-46)59-33-13-9-31(10-14-33)49-40(55)30-25-47-44(48-26-30)52-20-18-51(19-21-52)32-3-1-2-27(6-11-32)4-5-28-7-15-35-36(22-28)43(58)53(42(35)57)38-16-17-39(54)50-41(38)56/h7-8,12,15,22-23,25-27,31-33,38H,1-6,9-11,13-14,16-21H2,(H,49,55)(H,50,54,56). The van der Waals surface area contributed by atoms with Crippen molar-refractivity contribution in [2.75, 3.05) is 31.1 Å². The lowest BCUT2D eigenvalue weighted by atomic mass is 9.92. The molecule has 2 aromatic carbocycles. The fourth-order valence-corrected chi connectivity index (χ4v) is 9.60. The largest absolute Gasteiger partial charge is 0.490 e. The zero-order chi connectivity index (χ0) is 41.0. The molecule has 2 saturated carbocycles. The Bertz CT molecular complexity index is 2140. The molecule has 2 aliphatic carbocycles. The Hall–Kier alpha value is -5.39.